The van der Waals surface area contributed by atoms with Crippen LogP contribution < -0.4 is 24.8 Å². The van der Waals surface area contributed by atoms with Crippen LogP contribution in [0.2, 0.25) is 0 Å². The molecule has 0 aromatic heterocycles. The van der Waals surface area contributed by atoms with E-state index in [2.05, 4.69) is 10.6 Å². The number of ether oxygens (including phenoxy) is 5. The molecule has 3 N–H and O–H groups in total. The van der Waals surface area contributed by atoms with Crippen LogP contribution in [0.4, 0.5) is 11.4 Å². The maximum absolute atomic E-state index is 12.4. The molecule has 2 amide bonds. The van der Waals surface area contributed by atoms with E-state index in [1.807, 2.05) is 0 Å². The fourth-order valence-electron chi connectivity index (χ4n) is 5.45. The van der Waals surface area contributed by atoms with Crippen molar-refractivity contribution in [3.8, 4) is 34.5 Å². The molecule has 0 saturated heterocycles. The van der Waals surface area contributed by atoms with Crippen LogP contribution in [0, 0.1) is 0 Å². The van der Waals surface area contributed by atoms with Crippen molar-refractivity contribution >= 4 is 40.9 Å². The van der Waals surface area contributed by atoms with Crippen LogP contribution in [0.3, 0.4) is 0 Å². The Morgan fingerprint density at radius 3 is 1.22 bits per heavy atom. The Labute approximate surface area is 346 Å². The number of amides is 2. The number of hydrogen-bond donors (Lipinski definition) is 3. The molecule has 306 valence electrons. The molecule has 13 heteroatoms. The van der Waals surface area contributed by atoms with E-state index in [9.17, 15) is 29.1 Å². The summed E-state index contributed by atoms with van der Waals surface area (Å²) in [6.07, 6.45) is 0.285. The molecule has 0 unspecified atom stereocenters. The monoisotopic (exact) mass is 810 g/mol. The molecule has 6 rings (SSSR count). The predicted molar refractivity (Wildman–Crippen MR) is 224 cm³/mol. The Hall–Kier alpha value is -7.93. The Morgan fingerprint density at radius 1 is 0.483 bits per heavy atom. The average molecular weight is 811 g/mol. The molecule has 0 atom stereocenters. The molecule has 13 nitrogen and oxygen atoms in total. The number of rotatable bonds is 15. The van der Waals surface area contributed by atoms with E-state index < -0.39 is 11.9 Å². The zero-order chi connectivity index (χ0) is 42.9. The number of phenolic OH excluding ortho intramolecular Hbond substituents is 1. The van der Waals surface area contributed by atoms with Gasteiger partial charge >= 0.3 is 11.9 Å². The van der Waals surface area contributed by atoms with Gasteiger partial charge in [-0.1, -0.05) is 48.5 Å². The Balaban J connectivity index is 0.000000230. The molecule has 6 aromatic rings. The summed E-state index contributed by atoms with van der Waals surface area (Å²) in [6, 6.07) is 41.0. The number of ketones is 1. The van der Waals surface area contributed by atoms with Gasteiger partial charge in [-0.3, -0.25) is 14.4 Å². The number of esters is 2. The summed E-state index contributed by atoms with van der Waals surface area (Å²) in [7, 11) is 2.59. The lowest BCUT2D eigenvalue weighted by Crippen LogP contribution is -2.17. The summed E-state index contributed by atoms with van der Waals surface area (Å²) >= 11 is 0. The normalized spacial score (nSPS) is 10.2. The van der Waals surface area contributed by atoms with E-state index in [4.69, 9.17) is 23.7 Å². The number of hydrogen-bond acceptors (Lipinski definition) is 11. The minimum atomic E-state index is -0.513. The van der Waals surface area contributed by atoms with Gasteiger partial charge in [0.15, 0.2) is 5.78 Å². The summed E-state index contributed by atoms with van der Waals surface area (Å²) in [6.45, 7) is 1.50. The molecular formula is C47H42N2O11. The third-order valence-corrected chi connectivity index (χ3v) is 8.36. The number of carbonyl (C=O) groups is 5. The molecule has 0 saturated carbocycles. The lowest BCUT2D eigenvalue weighted by atomic mass is 10.1. The topological polar surface area (TPSA) is 176 Å². The van der Waals surface area contributed by atoms with Gasteiger partial charge in [0.25, 0.3) is 0 Å². The maximum Gasteiger partial charge on any atom is 0.339 e. The van der Waals surface area contributed by atoms with Crippen LogP contribution in [0.1, 0.15) is 38.8 Å². The van der Waals surface area contributed by atoms with Crippen molar-refractivity contribution in [1.82, 2.24) is 0 Å². The smallest absolute Gasteiger partial charge is 0.339 e. The zero-order valence-electron chi connectivity index (χ0n) is 33.0. The molecule has 0 radical (unpaired) electrons. The summed E-state index contributed by atoms with van der Waals surface area (Å²) in [5, 5.41) is 14.8. The van der Waals surface area contributed by atoms with Gasteiger partial charge in [-0.15, -0.1) is 0 Å². The van der Waals surface area contributed by atoms with Crippen LogP contribution in [-0.2, 0) is 36.7 Å². The molecule has 0 aliphatic heterocycles. The highest BCUT2D eigenvalue weighted by molar-refractivity contribution is 6.02. The molecule has 0 fully saturated rings. The van der Waals surface area contributed by atoms with Crippen molar-refractivity contribution in [3.63, 3.8) is 0 Å². The highest BCUT2D eigenvalue weighted by atomic mass is 16.5. The van der Waals surface area contributed by atoms with Gasteiger partial charge in [0, 0.05) is 0 Å². The lowest BCUT2D eigenvalue weighted by molar-refractivity contribution is -0.119. The first-order chi connectivity index (χ1) is 29.0. The molecule has 6 aromatic carbocycles. The predicted octanol–water partition coefficient (Wildman–Crippen LogP) is 8.57. The van der Waals surface area contributed by atoms with Crippen molar-refractivity contribution < 1.29 is 52.8 Å². The first-order valence-electron chi connectivity index (χ1n) is 18.5. The molecule has 60 heavy (non-hydrogen) atoms. The van der Waals surface area contributed by atoms with E-state index in [0.717, 1.165) is 11.1 Å². The number of para-hydroxylation sites is 2. The minimum Gasteiger partial charge on any atom is -0.508 e. The van der Waals surface area contributed by atoms with E-state index >= 15 is 0 Å². The quantitative estimate of drug-likeness (QED) is 0.0848. The highest BCUT2D eigenvalue weighted by Crippen LogP contribution is 2.26. The van der Waals surface area contributed by atoms with E-state index in [0.29, 0.717) is 51.2 Å². The van der Waals surface area contributed by atoms with Gasteiger partial charge in [-0.05, 0) is 115 Å². The number of carbonyl (C=O) groups excluding carboxylic acids is 5. The number of anilines is 2. The van der Waals surface area contributed by atoms with Gasteiger partial charge in [0.2, 0.25) is 11.8 Å². The van der Waals surface area contributed by atoms with Crippen LogP contribution in [0.25, 0.3) is 0 Å². The lowest BCUT2D eigenvalue weighted by Gasteiger charge is -2.10. The number of phenols is 1. The summed E-state index contributed by atoms with van der Waals surface area (Å²) < 4.78 is 26.3. The zero-order valence-corrected chi connectivity index (χ0v) is 33.0. The maximum atomic E-state index is 12.4. The molecule has 0 aliphatic carbocycles. The van der Waals surface area contributed by atoms with Crippen LogP contribution in [-0.4, -0.2) is 55.5 Å². The van der Waals surface area contributed by atoms with Gasteiger partial charge < -0.3 is 39.4 Å². The van der Waals surface area contributed by atoms with Gasteiger partial charge in [-0.2, -0.15) is 0 Å². The van der Waals surface area contributed by atoms with Crippen LogP contribution in [0.5, 0.6) is 34.5 Å². The summed E-state index contributed by atoms with van der Waals surface area (Å²) in [5.74, 6) is 1.63. The first-order valence-corrected chi connectivity index (χ1v) is 18.5. The van der Waals surface area contributed by atoms with Gasteiger partial charge in [0.05, 0.1) is 49.6 Å². The second-order valence-electron chi connectivity index (χ2n) is 13.0. The number of methoxy groups -OCH3 is 2. The van der Waals surface area contributed by atoms with Crippen molar-refractivity contribution in [2.75, 3.05) is 31.5 Å². The highest BCUT2D eigenvalue weighted by Gasteiger charge is 2.15. The van der Waals surface area contributed by atoms with Crippen molar-refractivity contribution in [1.29, 1.82) is 0 Å². The molecule has 0 bridgehead atoms. The first kappa shape index (κ1) is 43.2. The van der Waals surface area contributed by atoms with E-state index in [1.54, 1.807) is 146 Å². The largest absolute Gasteiger partial charge is 0.508 e. The number of aromatic hydroxyl groups is 1. The Morgan fingerprint density at radius 2 is 0.833 bits per heavy atom. The van der Waals surface area contributed by atoms with E-state index in [1.165, 1.54) is 21.1 Å². The minimum absolute atomic E-state index is 0.0313. The van der Waals surface area contributed by atoms with Crippen LogP contribution >= 0.6 is 0 Å². The van der Waals surface area contributed by atoms with Crippen molar-refractivity contribution in [2.45, 2.75) is 19.8 Å². The fourth-order valence-corrected chi connectivity index (χ4v) is 5.45. The van der Waals surface area contributed by atoms with Gasteiger partial charge in [-0.25, -0.2) is 9.59 Å². The van der Waals surface area contributed by atoms with E-state index in [-0.39, 0.29) is 42.8 Å². The average Bonchev–Trinajstić information content (AvgIpc) is 3.25. The second-order valence-corrected chi connectivity index (χ2v) is 13.0. The standard InChI is InChI=1S/C25H23NO6.C22H19NO5/c1-17(27)16-31-19-11-13-21(14-12-19)32-20-9-7-18(8-10-20)15-24(28)26-23-6-4-3-5-22(23)25(29)30-2;1-27-22(26)19-4-2-3-5-20(19)23-21(25)14-15-6-10-17(11-7-15)28-18-12-8-16(24)9-13-18/h3-14H,15-16H2,1-2H3,(H,26,28);2-13,24H,14H2,1H3,(H,23,25). The fraction of sp³-hybridized carbons (Fsp3) is 0.128. The molecule has 0 spiro atoms. The molecule has 0 aliphatic rings. The molecule has 0 heterocycles. The number of benzene rings is 6. The summed E-state index contributed by atoms with van der Waals surface area (Å²) in [5.41, 5.74) is 3.00. The number of nitrogens with one attached hydrogen (secondary N) is 2. The number of Topliss-reactive ketones (excluding diaryl/α,β-unsaturated/α-hetero) is 1. The third-order valence-electron chi connectivity index (χ3n) is 8.36. The van der Waals surface area contributed by atoms with Crippen molar-refractivity contribution in [2.24, 2.45) is 0 Å². The second kappa shape index (κ2) is 21.6. The summed E-state index contributed by atoms with van der Waals surface area (Å²) in [4.78, 5) is 59.3. The SMILES string of the molecule is COC(=O)c1ccccc1NC(=O)Cc1ccc(Oc2ccc(O)cc2)cc1.COC(=O)c1ccccc1NC(=O)Cc1ccc(Oc2ccc(OCC(C)=O)cc2)cc1. The van der Waals surface area contributed by atoms with Crippen LogP contribution in [0.15, 0.2) is 146 Å². The third kappa shape index (κ3) is 13.3. The molecular weight excluding hydrogens is 769 g/mol. The Bertz CT molecular complexity index is 2400. The van der Waals surface area contributed by atoms with Crippen molar-refractivity contribution in [3.05, 3.63) is 168 Å². The Kier molecular flexibility index (Phi) is 15.5. The van der Waals surface area contributed by atoms with Gasteiger partial charge in [0.1, 0.15) is 41.1 Å².